The van der Waals surface area contributed by atoms with Gasteiger partial charge in [0.2, 0.25) is 0 Å². The molecule has 1 fully saturated rings. The largest absolute Gasteiger partial charge is 0.319 e. The van der Waals surface area contributed by atoms with Crippen LogP contribution in [0.3, 0.4) is 0 Å². The molecule has 1 saturated carbocycles. The van der Waals surface area contributed by atoms with Crippen molar-refractivity contribution in [2.24, 2.45) is 11.7 Å². The fourth-order valence-electron chi connectivity index (χ4n) is 2.50. The van der Waals surface area contributed by atoms with E-state index in [1.54, 1.807) is 0 Å². The van der Waals surface area contributed by atoms with E-state index in [4.69, 9.17) is 5.73 Å². The Morgan fingerprint density at radius 1 is 1.21 bits per heavy atom. The van der Waals surface area contributed by atoms with Crippen LogP contribution in [0.15, 0.2) is 0 Å². The van der Waals surface area contributed by atoms with Gasteiger partial charge in [0.25, 0.3) is 0 Å². The standard InChI is InChI=1S/C12H23NO/c1-3-10(4-2)11(14)12(13)8-6-5-7-9-12/h10H,3-9,13H2,1-2H3. The monoisotopic (exact) mass is 197 g/mol. The third-order valence-corrected chi connectivity index (χ3v) is 3.59. The fourth-order valence-corrected chi connectivity index (χ4v) is 2.50. The first-order valence-corrected chi connectivity index (χ1v) is 5.97. The molecule has 1 aliphatic carbocycles. The summed E-state index contributed by atoms with van der Waals surface area (Å²) in [6, 6.07) is 0. The van der Waals surface area contributed by atoms with Gasteiger partial charge in [0.05, 0.1) is 5.54 Å². The van der Waals surface area contributed by atoms with Crippen LogP contribution in [0.25, 0.3) is 0 Å². The Balaban J connectivity index is 2.64. The Hall–Kier alpha value is -0.370. The normalized spacial score (nSPS) is 21.1. The summed E-state index contributed by atoms with van der Waals surface area (Å²) in [5.74, 6) is 0.514. The molecule has 0 aromatic rings. The zero-order chi connectivity index (χ0) is 10.6. The van der Waals surface area contributed by atoms with Crippen molar-refractivity contribution in [1.82, 2.24) is 0 Å². The predicted molar refractivity (Wildman–Crippen MR) is 59.1 cm³/mol. The molecule has 2 nitrogen and oxygen atoms in total. The van der Waals surface area contributed by atoms with Crippen molar-refractivity contribution >= 4 is 5.78 Å². The molecule has 0 aromatic heterocycles. The number of hydrogen-bond acceptors (Lipinski definition) is 2. The van der Waals surface area contributed by atoms with Crippen molar-refractivity contribution in [3.63, 3.8) is 0 Å². The zero-order valence-electron chi connectivity index (χ0n) is 9.51. The minimum atomic E-state index is -0.477. The highest BCUT2D eigenvalue weighted by molar-refractivity contribution is 5.90. The van der Waals surface area contributed by atoms with Crippen LogP contribution in [-0.4, -0.2) is 11.3 Å². The topological polar surface area (TPSA) is 43.1 Å². The maximum atomic E-state index is 12.2. The second-order valence-electron chi connectivity index (χ2n) is 4.59. The van der Waals surface area contributed by atoms with E-state index in [2.05, 4.69) is 13.8 Å². The van der Waals surface area contributed by atoms with Crippen molar-refractivity contribution in [3.05, 3.63) is 0 Å². The van der Waals surface area contributed by atoms with Crippen LogP contribution < -0.4 is 5.73 Å². The summed E-state index contributed by atoms with van der Waals surface area (Å²) >= 11 is 0. The van der Waals surface area contributed by atoms with Gasteiger partial charge in [0, 0.05) is 5.92 Å². The van der Waals surface area contributed by atoms with Crippen molar-refractivity contribution in [1.29, 1.82) is 0 Å². The van der Waals surface area contributed by atoms with E-state index < -0.39 is 5.54 Å². The molecule has 0 aliphatic heterocycles. The summed E-state index contributed by atoms with van der Waals surface area (Å²) in [5.41, 5.74) is 5.73. The number of ketones is 1. The van der Waals surface area contributed by atoms with Crippen LogP contribution in [0.4, 0.5) is 0 Å². The lowest BCUT2D eigenvalue weighted by Gasteiger charge is -2.34. The van der Waals surface area contributed by atoms with E-state index in [-0.39, 0.29) is 5.92 Å². The first-order valence-electron chi connectivity index (χ1n) is 5.97. The van der Waals surface area contributed by atoms with E-state index in [1.807, 2.05) is 0 Å². The highest BCUT2D eigenvalue weighted by atomic mass is 16.1. The molecule has 0 amide bonds. The first-order chi connectivity index (χ1) is 6.64. The molecule has 0 atom stereocenters. The molecule has 0 bridgehead atoms. The van der Waals surface area contributed by atoms with Crippen LogP contribution in [0, 0.1) is 5.92 Å². The van der Waals surface area contributed by atoms with Gasteiger partial charge in [-0.3, -0.25) is 4.79 Å². The molecular formula is C12H23NO. The average molecular weight is 197 g/mol. The molecule has 0 heterocycles. The van der Waals surface area contributed by atoms with Crippen LogP contribution in [0.1, 0.15) is 58.8 Å². The molecule has 14 heavy (non-hydrogen) atoms. The minimum Gasteiger partial charge on any atom is -0.319 e. The third kappa shape index (κ3) is 2.35. The summed E-state index contributed by atoms with van der Waals surface area (Å²) < 4.78 is 0. The Morgan fingerprint density at radius 2 is 1.71 bits per heavy atom. The van der Waals surface area contributed by atoms with Gasteiger partial charge in [-0.25, -0.2) is 0 Å². The molecule has 1 rings (SSSR count). The molecule has 2 heteroatoms. The van der Waals surface area contributed by atoms with Crippen molar-refractivity contribution < 1.29 is 4.79 Å². The molecule has 0 saturated heterocycles. The molecule has 2 N–H and O–H groups in total. The number of Topliss-reactive ketones (excluding diaryl/α,β-unsaturated/α-hetero) is 1. The van der Waals surface area contributed by atoms with Gasteiger partial charge in [-0.15, -0.1) is 0 Å². The van der Waals surface area contributed by atoms with Gasteiger partial charge in [-0.2, -0.15) is 0 Å². The predicted octanol–water partition coefficient (Wildman–Crippen LogP) is 2.65. The molecule has 0 aromatic carbocycles. The second kappa shape index (κ2) is 4.92. The van der Waals surface area contributed by atoms with E-state index in [0.717, 1.165) is 38.5 Å². The first kappa shape index (κ1) is 11.7. The maximum absolute atomic E-state index is 12.2. The van der Waals surface area contributed by atoms with E-state index >= 15 is 0 Å². The smallest absolute Gasteiger partial charge is 0.155 e. The molecule has 0 radical (unpaired) electrons. The lowest BCUT2D eigenvalue weighted by Crippen LogP contribution is -2.51. The summed E-state index contributed by atoms with van der Waals surface area (Å²) in [6.07, 6.45) is 7.19. The Labute approximate surface area is 87.2 Å². The van der Waals surface area contributed by atoms with Gasteiger partial charge in [0.1, 0.15) is 0 Å². The number of rotatable bonds is 4. The quantitative estimate of drug-likeness (QED) is 0.753. The van der Waals surface area contributed by atoms with Gasteiger partial charge >= 0.3 is 0 Å². The summed E-state index contributed by atoms with van der Waals surface area (Å²) in [6.45, 7) is 4.16. The van der Waals surface area contributed by atoms with Crippen molar-refractivity contribution in [2.45, 2.75) is 64.3 Å². The molecule has 0 unspecified atom stereocenters. The van der Waals surface area contributed by atoms with E-state index in [1.165, 1.54) is 6.42 Å². The van der Waals surface area contributed by atoms with Gasteiger partial charge in [-0.1, -0.05) is 33.1 Å². The van der Waals surface area contributed by atoms with Crippen LogP contribution in [0.2, 0.25) is 0 Å². The summed E-state index contributed by atoms with van der Waals surface area (Å²) in [4.78, 5) is 12.2. The number of hydrogen-bond donors (Lipinski definition) is 1. The molecular weight excluding hydrogens is 174 g/mol. The van der Waals surface area contributed by atoms with E-state index in [0.29, 0.717) is 5.78 Å². The van der Waals surface area contributed by atoms with Gasteiger partial charge in [0.15, 0.2) is 5.78 Å². The molecule has 1 aliphatic rings. The lowest BCUT2D eigenvalue weighted by atomic mass is 9.74. The summed E-state index contributed by atoms with van der Waals surface area (Å²) in [7, 11) is 0. The highest BCUT2D eigenvalue weighted by Crippen LogP contribution is 2.30. The minimum absolute atomic E-state index is 0.193. The van der Waals surface area contributed by atoms with E-state index in [9.17, 15) is 4.79 Å². The lowest BCUT2D eigenvalue weighted by molar-refractivity contribution is -0.129. The zero-order valence-corrected chi connectivity index (χ0v) is 9.51. The van der Waals surface area contributed by atoms with Crippen LogP contribution in [0.5, 0.6) is 0 Å². The van der Waals surface area contributed by atoms with Crippen molar-refractivity contribution in [3.8, 4) is 0 Å². The SMILES string of the molecule is CCC(CC)C(=O)C1(N)CCCCC1. The number of nitrogens with two attached hydrogens (primary N) is 1. The molecule has 82 valence electrons. The third-order valence-electron chi connectivity index (χ3n) is 3.59. The Bertz CT molecular complexity index is 190. The second-order valence-corrected chi connectivity index (χ2v) is 4.59. The molecule has 0 spiro atoms. The summed E-state index contributed by atoms with van der Waals surface area (Å²) in [5, 5.41) is 0. The average Bonchev–Trinajstić information content (AvgIpc) is 2.20. The Morgan fingerprint density at radius 3 is 2.14 bits per heavy atom. The number of carbonyl (C=O) groups is 1. The maximum Gasteiger partial charge on any atom is 0.155 e. The van der Waals surface area contributed by atoms with Gasteiger partial charge < -0.3 is 5.73 Å². The Kier molecular flexibility index (Phi) is 4.11. The van der Waals surface area contributed by atoms with Crippen LogP contribution >= 0.6 is 0 Å². The van der Waals surface area contributed by atoms with Gasteiger partial charge in [-0.05, 0) is 25.7 Å². The van der Waals surface area contributed by atoms with Crippen LogP contribution in [-0.2, 0) is 4.79 Å². The highest BCUT2D eigenvalue weighted by Gasteiger charge is 2.37. The van der Waals surface area contributed by atoms with Crippen molar-refractivity contribution in [2.75, 3.05) is 0 Å². The fraction of sp³-hybridized carbons (Fsp3) is 0.917. The number of carbonyl (C=O) groups excluding carboxylic acids is 1.